The number of carbonyl (C=O) groups excluding carboxylic acids is 1. The van der Waals surface area contributed by atoms with Crippen LogP contribution in [0.25, 0.3) is 10.1 Å². The number of thiophene rings is 1. The Morgan fingerprint density at radius 3 is 2.75 bits per heavy atom. The number of carboxylic acids is 1. The average molecular weight is 295 g/mol. The molecule has 1 unspecified atom stereocenters. The van der Waals surface area contributed by atoms with Crippen LogP contribution in [0, 0.1) is 12.7 Å². The first-order chi connectivity index (χ1) is 9.40. The maximum Gasteiger partial charge on any atom is 0.305 e. The molecule has 6 heteroatoms. The molecule has 4 nitrogen and oxygen atoms in total. The first-order valence-corrected chi connectivity index (χ1v) is 6.92. The van der Waals surface area contributed by atoms with Crippen molar-refractivity contribution in [1.29, 1.82) is 0 Å². The Hall–Kier alpha value is -1.95. The van der Waals surface area contributed by atoms with E-state index in [9.17, 15) is 14.0 Å². The molecule has 0 radical (unpaired) electrons. The van der Waals surface area contributed by atoms with Gasteiger partial charge in [-0.05, 0) is 31.5 Å². The van der Waals surface area contributed by atoms with Crippen LogP contribution in [-0.2, 0) is 4.79 Å². The molecule has 0 aliphatic heterocycles. The molecule has 2 N–H and O–H groups in total. The Morgan fingerprint density at radius 1 is 1.45 bits per heavy atom. The molecule has 0 bridgehead atoms. The molecule has 0 spiro atoms. The van der Waals surface area contributed by atoms with Crippen molar-refractivity contribution in [2.75, 3.05) is 0 Å². The lowest BCUT2D eigenvalue weighted by atomic mass is 10.1. The summed E-state index contributed by atoms with van der Waals surface area (Å²) in [6, 6.07) is 4.24. The highest BCUT2D eigenvalue weighted by Gasteiger charge is 2.19. The molecule has 20 heavy (non-hydrogen) atoms. The van der Waals surface area contributed by atoms with Gasteiger partial charge < -0.3 is 10.4 Å². The van der Waals surface area contributed by atoms with E-state index in [-0.39, 0.29) is 18.1 Å². The number of benzene rings is 1. The van der Waals surface area contributed by atoms with Crippen molar-refractivity contribution in [3.8, 4) is 0 Å². The summed E-state index contributed by atoms with van der Waals surface area (Å²) in [5, 5.41) is 11.7. The summed E-state index contributed by atoms with van der Waals surface area (Å²) >= 11 is 1.21. The van der Waals surface area contributed by atoms with Gasteiger partial charge in [0.15, 0.2) is 0 Å². The van der Waals surface area contributed by atoms with Gasteiger partial charge in [-0.3, -0.25) is 9.59 Å². The molecule has 1 atom stereocenters. The molecule has 0 saturated heterocycles. The maximum atomic E-state index is 13.8. The number of fused-ring (bicyclic) bond motifs is 1. The minimum atomic E-state index is -0.975. The smallest absolute Gasteiger partial charge is 0.305 e. The number of carbonyl (C=O) groups is 2. The molecular weight excluding hydrogens is 281 g/mol. The van der Waals surface area contributed by atoms with Gasteiger partial charge in [-0.2, -0.15) is 0 Å². The van der Waals surface area contributed by atoms with Crippen LogP contribution in [0.2, 0.25) is 0 Å². The highest BCUT2D eigenvalue weighted by atomic mass is 32.1. The molecule has 0 aliphatic carbocycles. The highest BCUT2D eigenvalue weighted by Crippen LogP contribution is 2.32. The number of aliphatic carboxylic acids is 1. The number of hydrogen-bond donors (Lipinski definition) is 2. The summed E-state index contributed by atoms with van der Waals surface area (Å²) in [5.74, 6) is -1.69. The van der Waals surface area contributed by atoms with Gasteiger partial charge in [0, 0.05) is 16.1 Å². The van der Waals surface area contributed by atoms with Gasteiger partial charge in [-0.1, -0.05) is 6.07 Å². The summed E-state index contributed by atoms with van der Waals surface area (Å²) in [4.78, 5) is 23.1. The second-order valence-corrected chi connectivity index (χ2v) is 5.69. The fraction of sp³-hybridized carbons (Fsp3) is 0.286. The Balaban J connectivity index is 2.29. The quantitative estimate of drug-likeness (QED) is 0.911. The van der Waals surface area contributed by atoms with Crippen molar-refractivity contribution < 1.29 is 19.1 Å². The van der Waals surface area contributed by atoms with Crippen molar-refractivity contribution >= 4 is 33.3 Å². The molecule has 1 aromatic carbocycles. The van der Waals surface area contributed by atoms with Crippen LogP contribution in [0.1, 0.15) is 28.6 Å². The summed E-state index contributed by atoms with van der Waals surface area (Å²) in [6.07, 6.45) is -0.149. The number of hydrogen-bond acceptors (Lipinski definition) is 3. The van der Waals surface area contributed by atoms with E-state index in [0.717, 1.165) is 0 Å². The van der Waals surface area contributed by atoms with Crippen molar-refractivity contribution in [2.45, 2.75) is 26.3 Å². The second kappa shape index (κ2) is 5.58. The van der Waals surface area contributed by atoms with E-state index in [0.29, 0.717) is 20.5 Å². The second-order valence-electron chi connectivity index (χ2n) is 4.64. The van der Waals surface area contributed by atoms with E-state index < -0.39 is 12.0 Å². The van der Waals surface area contributed by atoms with Gasteiger partial charge in [0.1, 0.15) is 5.82 Å². The molecule has 1 amide bonds. The molecule has 2 rings (SSSR count). The molecule has 1 aromatic heterocycles. The Labute approximate surface area is 119 Å². The Kier molecular flexibility index (Phi) is 4.04. The van der Waals surface area contributed by atoms with Crippen molar-refractivity contribution in [3.63, 3.8) is 0 Å². The molecular formula is C14H14FNO3S. The molecule has 106 valence electrons. The van der Waals surface area contributed by atoms with Crippen LogP contribution in [0.3, 0.4) is 0 Å². The SMILES string of the molecule is Cc1c(C(=O)NC(C)CC(=O)O)sc2cccc(F)c12. The van der Waals surface area contributed by atoms with Crippen molar-refractivity contribution in [3.05, 3.63) is 34.5 Å². The molecule has 2 aromatic rings. The van der Waals surface area contributed by atoms with Crippen molar-refractivity contribution in [2.24, 2.45) is 0 Å². The molecule has 1 heterocycles. The lowest BCUT2D eigenvalue weighted by Gasteiger charge is -2.10. The number of halogens is 1. The van der Waals surface area contributed by atoms with E-state index in [2.05, 4.69) is 5.32 Å². The number of carboxylic acid groups (broad SMARTS) is 1. The minimum absolute atomic E-state index is 0.149. The van der Waals surface area contributed by atoms with E-state index in [1.165, 1.54) is 17.4 Å². The summed E-state index contributed by atoms with van der Waals surface area (Å²) in [6.45, 7) is 3.31. The normalized spacial score (nSPS) is 12.3. The highest BCUT2D eigenvalue weighted by molar-refractivity contribution is 7.21. The molecule has 0 aliphatic rings. The zero-order valence-electron chi connectivity index (χ0n) is 11.1. The predicted molar refractivity (Wildman–Crippen MR) is 75.7 cm³/mol. The van der Waals surface area contributed by atoms with Crippen LogP contribution in [-0.4, -0.2) is 23.0 Å². The van der Waals surface area contributed by atoms with Crippen LogP contribution < -0.4 is 5.32 Å². The Bertz CT molecular complexity index is 680. The fourth-order valence-corrected chi connectivity index (χ4v) is 3.20. The van der Waals surface area contributed by atoms with Gasteiger partial charge in [0.05, 0.1) is 11.3 Å². The maximum absolute atomic E-state index is 13.8. The van der Waals surface area contributed by atoms with E-state index in [1.54, 1.807) is 26.0 Å². The number of nitrogens with one attached hydrogen (secondary N) is 1. The summed E-state index contributed by atoms with van der Waals surface area (Å²) in [7, 11) is 0. The Morgan fingerprint density at radius 2 is 2.15 bits per heavy atom. The van der Waals surface area contributed by atoms with E-state index in [4.69, 9.17) is 5.11 Å². The molecule has 0 saturated carbocycles. The monoisotopic (exact) mass is 295 g/mol. The average Bonchev–Trinajstić information content (AvgIpc) is 2.67. The zero-order valence-corrected chi connectivity index (χ0v) is 11.9. The van der Waals surface area contributed by atoms with E-state index >= 15 is 0 Å². The van der Waals surface area contributed by atoms with Gasteiger partial charge >= 0.3 is 5.97 Å². The van der Waals surface area contributed by atoms with E-state index in [1.807, 2.05) is 0 Å². The third-order valence-corrected chi connectivity index (χ3v) is 4.22. The van der Waals surface area contributed by atoms with Gasteiger partial charge in [0.25, 0.3) is 5.91 Å². The first kappa shape index (κ1) is 14.5. The lowest BCUT2D eigenvalue weighted by molar-refractivity contribution is -0.137. The standard InChI is InChI=1S/C14H14FNO3S/c1-7(6-11(17)18)16-14(19)13-8(2)12-9(15)4-3-5-10(12)20-13/h3-5,7H,6H2,1-2H3,(H,16,19)(H,17,18). The van der Waals surface area contributed by atoms with Crippen molar-refractivity contribution in [1.82, 2.24) is 5.32 Å². The van der Waals surface area contributed by atoms with Gasteiger partial charge in [-0.15, -0.1) is 11.3 Å². The van der Waals surface area contributed by atoms with Crippen LogP contribution >= 0.6 is 11.3 Å². The fourth-order valence-electron chi connectivity index (χ4n) is 2.07. The lowest BCUT2D eigenvalue weighted by Crippen LogP contribution is -2.34. The van der Waals surface area contributed by atoms with Gasteiger partial charge in [0.2, 0.25) is 0 Å². The van der Waals surface area contributed by atoms with Crippen LogP contribution in [0.5, 0.6) is 0 Å². The third-order valence-electron chi connectivity index (χ3n) is 2.97. The van der Waals surface area contributed by atoms with Gasteiger partial charge in [-0.25, -0.2) is 4.39 Å². The summed E-state index contributed by atoms with van der Waals surface area (Å²) < 4.78 is 14.5. The van der Waals surface area contributed by atoms with Crippen LogP contribution in [0.4, 0.5) is 4.39 Å². The topological polar surface area (TPSA) is 66.4 Å². The third kappa shape index (κ3) is 2.80. The number of rotatable bonds is 4. The minimum Gasteiger partial charge on any atom is -0.481 e. The number of amides is 1. The largest absolute Gasteiger partial charge is 0.481 e. The number of aryl methyl sites for hydroxylation is 1. The first-order valence-electron chi connectivity index (χ1n) is 6.10. The zero-order chi connectivity index (χ0) is 14.9. The molecule has 0 fully saturated rings. The van der Waals surface area contributed by atoms with Crippen LogP contribution in [0.15, 0.2) is 18.2 Å². The predicted octanol–water partition coefficient (Wildman–Crippen LogP) is 2.94. The summed E-state index contributed by atoms with van der Waals surface area (Å²) in [5.41, 5.74) is 0.586.